The molecule has 32 heavy (non-hydrogen) atoms. The van der Waals surface area contributed by atoms with Crippen molar-refractivity contribution in [1.82, 2.24) is 9.97 Å². The van der Waals surface area contributed by atoms with Crippen LogP contribution in [-0.2, 0) is 16.0 Å². The molecular formula is C23H23ClFN5O2. The molecule has 0 saturated carbocycles. The number of hydrogen-bond acceptors (Lipinski definition) is 6. The zero-order chi connectivity index (χ0) is 22.5. The van der Waals surface area contributed by atoms with Gasteiger partial charge in [-0.05, 0) is 43.3 Å². The molecule has 1 aliphatic rings. The van der Waals surface area contributed by atoms with E-state index < -0.39 is 5.82 Å². The molecule has 7 nitrogen and oxygen atoms in total. The van der Waals surface area contributed by atoms with Gasteiger partial charge < -0.3 is 20.3 Å². The van der Waals surface area contributed by atoms with Crippen LogP contribution < -0.4 is 15.5 Å². The van der Waals surface area contributed by atoms with E-state index in [9.17, 15) is 9.18 Å². The van der Waals surface area contributed by atoms with Crippen molar-refractivity contribution in [2.45, 2.75) is 13.3 Å². The molecule has 0 unspecified atom stereocenters. The van der Waals surface area contributed by atoms with Gasteiger partial charge in [-0.3, -0.25) is 4.79 Å². The minimum absolute atomic E-state index is 0.143. The van der Waals surface area contributed by atoms with Gasteiger partial charge in [0.05, 0.1) is 19.6 Å². The Kier molecular flexibility index (Phi) is 6.82. The van der Waals surface area contributed by atoms with E-state index in [0.717, 1.165) is 24.5 Å². The quantitative estimate of drug-likeness (QED) is 0.575. The number of anilines is 4. The summed E-state index contributed by atoms with van der Waals surface area (Å²) < 4.78 is 19.3. The number of rotatable bonds is 6. The van der Waals surface area contributed by atoms with Crippen LogP contribution in [0.25, 0.3) is 0 Å². The molecule has 1 amide bonds. The summed E-state index contributed by atoms with van der Waals surface area (Å²) in [4.78, 5) is 23.5. The standard InChI is InChI=1S/C23H23ClFN5O2/c1-15-13-21(29-23(26-15)30-9-11-32-12-10-30)27-16-5-7-17(8-6-16)28-22(31)14-18-19(24)3-2-4-20(18)25/h2-8,13H,9-12,14H2,1H3,(H,28,31)(H,26,27,29). The summed E-state index contributed by atoms with van der Waals surface area (Å²) in [5, 5.41) is 6.26. The number of aromatic nitrogens is 2. The monoisotopic (exact) mass is 455 g/mol. The van der Waals surface area contributed by atoms with Crippen molar-refractivity contribution in [3.8, 4) is 0 Å². The molecule has 2 aromatic carbocycles. The van der Waals surface area contributed by atoms with Gasteiger partial charge in [-0.1, -0.05) is 17.7 Å². The minimum Gasteiger partial charge on any atom is -0.378 e. The fourth-order valence-corrected chi connectivity index (χ4v) is 3.60. The third-order valence-corrected chi connectivity index (χ3v) is 5.33. The molecule has 2 heterocycles. The molecule has 1 fully saturated rings. The van der Waals surface area contributed by atoms with Crippen molar-refractivity contribution in [2.24, 2.45) is 0 Å². The number of benzene rings is 2. The molecule has 0 atom stereocenters. The average molecular weight is 456 g/mol. The van der Waals surface area contributed by atoms with Gasteiger partial charge in [-0.15, -0.1) is 0 Å². The maximum Gasteiger partial charge on any atom is 0.228 e. The first-order chi connectivity index (χ1) is 15.5. The second kappa shape index (κ2) is 9.93. The fourth-order valence-electron chi connectivity index (χ4n) is 3.37. The first kappa shape index (κ1) is 22.0. The van der Waals surface area contributed by atoms with Crippen LogP contribution >= 0.6 is 11.6 Å². The van der Waals surface area contributed by atoms with Crippen molar-refractivity contribution in [3.63, 3.8) is 0 Å². The highest BCUT2D eigenvalue weighted by atomic mass is 35.5. The van der Waals surface area contributed by atoms with E-state index in [-0.39, 0.29) is 22.9 Å². The average Bonchev–Trinajstić information content (AvgIpc) is 2.78. The van der Waals surface area contributed by atoms with Crippen LogP contribution in [0.3, 0.4) is 0 Å². The van der Waals surface area contributed by atoms with Crippen LogP contribution in [0.2, 0.25) is 5.02 Å². The van der Waals surface area contributed by atoms with Gasteiger partial charge in [0.25, 0.3) is 0 Å². The second-order valence-electron chi connectivity index (χ2n) is 7.42. The van der Waals surface area contributed by atoms with Crippen LogP contribution in [0.15, 0.2) is 48.5 Å². The van der Waals surface area contributed by atoms with E-state index >= 15 is 0 Å². The van der Waals surface area contributed by atoms with Gasteiger partial charge >= 0.3 is 0 Å². The predicted molar refractivity (Wildman–Crippen MR) is 123 cm³/mol. The summed E-state index contributed by atoms with van der Waals surface area (Å²) in [6, 6.07) is 13.4. The highest BCUT2D eigenvalue weighted by Gasteiger charge is 2.15. The highest BCUT2D eigenvalue weighted by molar-refractivity contribution is 6.31. The van der Waals surface area contributed by atoms with Gasteiger partial charge in [-0.2, -0.15) is 4.98 Å². The highest BCUT2D eigenvalue weighted by Crippen LogP contribution is 2.22. The van der Waals surface area contributed by atoms with Crippen LogP contribution in [0, 0.1) is 12.7 Å². The fraction of sp³-hybridized carbons (Fsp3) is 0.261. The number of ether oxygens (including phenoxy) is 1. The number of hydrogen-bond donors (Lipinski definition) is 2. The molecule has 0 spiro atoms. The smallest absolute Gasteiger partial charge is 0.228 e. The van der Waals surface area contributed by atoms with Gasteiger partial charge in [0.15, 0.2) is 0 Å². The maximum atomic E-state index is 13.9. The normalized spacial score (nSPS) is 13.7. The molecule has 9 heteroatoms. The number of carbonyl (C=O) groups excluding carboxylic acids is 1. The molecule has 0 aliphatic carbocycles. The van der Waals surface area contributed by atoms with Crippen LogP contribution in [0.1, 0.15) is 11.3 Å². The van der Waals surface area contributed by atoms with Gasteiger partial charge in [0.2, 0.25) is 11.9 Å². The van der Waals surface area contributed by atoms with Crippen molar-refractivity contribution in [1.29, 1.82) is 0 Å². The summed E-state index contributed by atoms with van der Waals surface area (Å²) in [7, 11) is 0. The first-order valence-electron chi connectivity index (χ1n) is 10.3. The molecule has 1 saturated heterocycles. The van der Waals surface area contributed by atoms with Gasteiger partial charge in [0.1, 0.15) is 11.6 Å². The summed E-state index contributed by atoms with van der Waals surface area (Å²) in [6.07, 6.45) is -0.143. The SMILES string of the molecule is Cc1cc(Nc2ccc(NC(=O)Cc3c(F)cccc3Cl)cc2)nc(N2CCOCC2)n1. The molecule has 1 aliphatic heterocycles. The van der Waals surface area contributed by atoms with Crippen molar-refractivity contribution < 1.29 is 13.9 Å². The van der Waals surface area contributed by atoms with E-state index in [2.05, 4.69) is 25.5 Å². The lowest BCUT2D eigenvalue weighted by Gasteiger charge is -2.27. The number of carbonyl (C=O) groups is 1. The van der Waals surface area contributed by atoms with Crippen molar-refractivity contribution in [2.75, 3.05) is 41.8 Å². The molecule has 4 rings (SSSR count). The van der Waals surface area contributed by atoms with Gasteiger partial charge in [0, 0.05) is 46.8 Å². The predicted octanol–water partition coefficient (Wildman–Crippen LogP) is 4.34. The zero-order valence-electron chi connectivity index (χ0n) is 17.6. The Morgan fingerprint density at radius 1 is 1.12 bits per heavy atom. The topological polar surface area (TPSA) is 79.4 Å². The Labute approximate surface area is 190 Å². The Hall–Kier alpha value is -3.23. The van der Waals surface area contributed by atoms with Crippen molar-refractivity contribution >= 4 is 40.6 Å². The molecular weight excluding hydrogens is 433 g/mol. The summed E-state index contributed by atoms with van der Waals surface area (Å²) >= 11 is 6.00. The van der Waals surface area contributed by atoms with Crippen LogP contribution in [-0.4, -0.2) is 42.2 Å². The second-order valence-corrected chi connectivity index (χ2v) is 7.83. The lowest BCUT2D eigenvalue weighted by atomic mass is 10.1. The summed E-state index contributed by atoms with van der Waals surface area (Å²) in [6.45, 7) is 4.77. The number of halogens is 2. The molecule has 166 valence electrons. The summed E-state index contributed by atoms with van der Waals surface area (Å²) in [5.74, 6) is 0.513. The molecule has 0 radical (unpaired) electrons. The maximum absolute atomic E-state index is 13.9. The lowest BCUT2D eigenvalue weighted by Crippen LogP contribution is -2.37. The van der Waals surface area contributed by atoms with E-state index in [4.69, 9.17) is 16.3 Å². The van der Waals surface area contributed by atoms with Gasteiger partial charge in [-0.25, -0.2) is 9.37 Å². The Bertz CT molecular complexity index is 1080. The summed E-state index contributed by atoms with van der Waals surface area (Å²) in [5.41, 5.74) is 2.45. The lowest BCUT2D eigenvalue weighted by molar-refractivity contribution is -0.115. The molecule has 1 aromatic heterocycles. The minimum atomic E-state index is -0.496. The van der Waals surface area contributed by atoms with Crippen LogP contribution in [0.4, 0.5) is 27.5 Å². The Balaban J connectivity index is 1.40. The number of nitrogens with one attached hydrogen (secondary N) is 2. The first-order valence-corrected chi connectivity index (χ1v) is 10.6. The van der Waals surface area contributed by atoms with E-state index in [1.165, 1.54) is 12.1 Å². The van der Waals surface area contributed by atoms with E-state index in [1.54, 1.807) is 18.2 Å². The van der Waals surface area contributed by atoms with E-state index in [1.807, 2.05) is 25.1 Å². The largest absolute Gasteiger partial charge is 0.378 e. The molecule has 3 aromatic rings. The Morgan fingerprint density at radius 2 is 1.84 bits per heavy atom. The molecule has 0 bridgehead atoms. The molecule has 2 N–H and O–H groups in total. The number of amides is 1. The van der Waals surface area contributed by atoms with Crippen molar-refractivity contribution in [3.05, 3.63) is 70.6 Å². The van der Waals surface area contributed by atoms with Crippen LogP contribution in [0.5, 0.6) is 0 Å². The third kappa shape index (κ3) is 5.52. The van der Waals surface area contributed by atoms with E-state index in [0.29, 0.717) is 30.7 Å². The number of aryl methyl sites for hydroxylation is 1. The number of nitrogens with zero attached hydrogens (tertiary/aromatic N) is 3. The Morgan fingerprint density at radius 3 is 2.56 bits per heavy atom. The number of morpholine rings is 1. The third-order valence-electron chi connectivity index (χ3n) is 4.98. The zero-order valence-corrected chi connectivity index (χ0v) is 18.3.